The second kappa shape index (κ2) is 3.37. The summed E-state index contributed by atoms with van der Waals surface area (Å²) >= 11 is 0. The third kappa shape index (κ3) is 1.45. The molecule has 0 heterocycles. The number of fused-ring (bicyclic) bond motifs is 1. The number of carboxylic acids is 1. The minimum Gasteiger partial charge on any atom is -0.481 e. The third-order valence-corrected chi connectivity index (χ3v) is 3.86. The molecule has 0 radical (unpaired) electrons. The third-order valence-electron chi connectivity index (χ3n) is 3.86. The van der Waals surface area contributed by atoms with Crippen molar-refractivity contribution in [2.75, 3.05) is 0 Å². The molecule has 1 fully saturated rings. The first-order valence-corrected chi connectivity index (χ1v) is 5.44. The zero-order valence-electron chi connectivity index (χ0n) is 8.86. The lowest BCUT2D eigenvalue weighted by Gasteiger charge is -2.46. The van der Waals surface area contributed by atoms with Crippen LogP contribution in [0.3, 0.4) is 0 Å². The Hall–Kier alpha value is -1.30. The SMILES string of the molecule is CCC1=CC2C(C1)C[C@]2(C#N)CC(=O)O. The van der Waals surface area contributed by atoms with Crippen molar-refractivity contribution < 1.29 is 9.90 Å². The zero-order chi connectivity index (χ0) is 11.1. The quantitative estimate of drug-likeness (QED) is 0.719. The van der Waals surface area contributed by atoms with Crippen molar-refractivity contribution in [1.29, 1.82) is 5.26 Å². The van der Waals surface area contributed by atoms with Crippen LogP contribution in [-0.2, 0) is 4.79 Å². The van der Waals surface area contributed by atoms with Crippen molar-refractivity contribution in [3.05, 3.63) is 11.6 Å². The van der Waals surface area contributed by atoms with Crippen molar-refractivity contribution >= 4 is 5.97 Å². The molecule has 0 aromatic carbocycles. The van der Waals surface area contributed by atoms with Crippen LogP contribution in [0.15, 0.2) is 11.6 Å². The van der Waals surface area contributed by atoms with Gasteiger partial charge < -0.3 is 5.11 Å². The van der Waals surface area contributed by atoms with Crippen molar-refractivity contribution in [3.8, 4) is 6.07 Å². The summed E-state index contributed by atoms with van der Waals surface area (Å²) in [6, 6.07) is 2.24. The lowest BCUT2D eigenvalue weighted by Crippen LogP contribution is -2.45. The highest BCUT2D eigenvalue weighted by Gasteiger charge is 2.56. The second-order valence-corrected chi connectivity index (χ2v) is 4.71. The number of carboxylic acid groups (broad SMARTS) is 1. The van der Waals surface area contributed by atoms with Crippen molar-refractivity contribution in [3.63, 3.8) is 0 Å². The van der Waals surface area contributed by atoms with E-state index in [0.717, 1.165) is 19.3 Å². The molecule has 0 aliphatic heterocycles. The molecule has 80 valence electrons. The first kappa shape index (κ1) is 10.2. The molecule has 1 N–H and O–H groups in total. The van der Waals surface area contributed by atoms with Gasteiger partial charge in [0.1, 0.15) is 0 Å². The maximum Gasteiger partial charge on any atom is 0.304 e. The van der Waals surface area contributed by atoms with Gasteiger partial charge in [-0.05, 0) is 31.1 Å². The number of hydrogen-bond acceptors (Lipinski definition) is 2. The van der Waals surface area contributed by atoms with Crippen molar-refractivity contribution in [2.45, 2.75) is 32.6 Å². The molecule has 2 unspecified atom stereocenters. The van der Waals surface area contributed by atoms with E-state index in [-0.39, 0.29) is 12.3 Å². The zero-order valence-corrected chi connectivity index (χ0v) is 8.86. The molecular weight excluding hydrogens is 190 g/mol. The van der Waals surface area contributed by atoms with E-state index in [4.69, 9.17) is 10.4 Å². The summed E-state index contributed by atoms with van der Waals surface area (Å²) in [5.41, 5.74) is 0.792. The van der Waals surface area contributed by atoms with Crippen LogP contribution in [0.1, 0.15) is 32.6 Å². The fourth-order valence-electron chi connectivity index (χ4n) is 3.06. The molecule has 2 rings (SSSR count). The second-order valence-electron chi connectivity index (χ2n) is 4.71. The van der Waals surface area contributed by atoms with Crippen molar-refractivity contribution in [1.82, 2.24) is 0 Å². The topological polar surface area (TPSA) is 61.1 Å². The first-order chi connectivity index (χ1) is 7.11. The minimum atomic E-state index is -0.853. The predicted molar refractivity (Wildman–Crippen MR) is 54.9 cm³/mol. The monoisotopic (exact) mass is 205 g/mol. The molecule has 0 amide bonds. The first-order valence-electron chi connectivity index (χ1n) is 5.44. The van der Waals surface area contributed by atoms with E-state index in [2.05, 4.69) is 19.1 Å². The number of aliphatic carboxylic acids is 1. The van der Waals surface area contributed by atoms with E-state index in [1.165, 1.54) is 5.57 Å². The summed E-state index contributed by atoms with van der Waals surface area (Å²) in [4.78, 5) is 10.7. The smallest absolute Gasteiger partial charge is 0.304 e. The molecule has 3 nitrogen and oxygen atoms in total. The van der Waals surface area contributed by atoms with Crippen LogP contribution < -0.4 is 0 Å². The highest BCUT2D eigenvalue weighted by atomic mass is 16.4. The molecule has 0 aromatic rings. The number of nitriles is 1. The molecule has 3 atom stereocenters. The van der Waals surface area contributed by atoms with Gasteiger partial charge in [0.05, 0.1) is 17.9 Å². The minimum absolute atomic E-state index is 0.00182. The largest absolute Gasteiger partial charge is 0.481 e. The summed E-state index contributed by atoms with van der Waals surface area (Å²) in [5, 5.41) is 18.0. The number of nitrogens with zero attached hydrogens (tertiary/aromatic N) is 1. The standard InChI is InChI=1S/C12H15NO2/c1-2-8-3-9-5-12(7-13,6-11(14)15)10(9)4-8/h4,9-10H,2-3,5-6H2,1H3,(H,14,15)/t9?,10?,12-/m1/s1. The highest BCUT2D eigenvalue weighted by Crippen LogP contribution is 2.59. The lowest BCUT2D eigenvalue weighted by atomic mass is 9.54. The van der Waals surface area contributed by atoms with Gasteiger partial charge in [-0.2, -0.15) is 5.26 Å². The maximum atomic E-state index is 10.7. The Morgan fingerprint density at radius 3 is 3.07 bits per heavy atom. The summed E-state index contributed by atoms with van der Waals surface area (Å²) in [6.45, 7) is 2.11. The van der Waals surface area contributed by atoms with E-state index < -0.39 is 11.4 Å². The molecule has 2 aliphatic carbocycles. The fraction of sp³-hybridized carbons (Fsp3) is 0.667. The van der Waals surface area contributed by atoms with Gasteiger partial charge in [0, 0.05) is 0 Å². The molecule has 0 spiro atoms. The van der Waals surface area contributed by atoms with E-state index in [1.807, 2.05) is 0 Å². The Kier molecular flexibility index (Phi) is 2.30. The number of rotatable bonds is 3. The van der Waals surface area contributed by atoms with Gasteiger partial charge in [-0.3, -0.25) is 4.79 Å². The highest BCUT2D eigenvalue weighted by molar-refractivity contribution is 5.69. The van der Waals surface area contributed by atoms with Gasteiger partial charge in [-0.25, -0.2) is 0 Å². The van der Waals surface area contributed by atoms with Gasteiger partial charge in [-0.1, -0.05) is 18.6 Å². The van der Waals surface area contributed by atoms with Crippen LogP contribution in [0.25, 0.3) is 0 Å². The van der Waals surface area contributed by atoms with Crippen LogP contribution >= 0.6 is 0 Å². The molecule has 3 heteroatoms. The van der Waals surface area contributed by atoms with Gasteiger partial charge in [-0.15, -0.1) is 0 Å². The summed E-state index contributed by atoms with van der Waals surface area (Å²) in [7, 11) is 0. The van der Waals surface area contributed by atoms with Crippen LogP contribution in [0, 0.1) is 28.6 Å². The molecule has 0 saturated heterocycles. The van der Waals surface area contributed by atoms with Gasteiger partial charge in [0.2, 0.25) is 0 Å². The van der Waals surface area contributed by atoms with Crippen LogP contribution in [0.4, 0.5) is 0 Å². The van der Waals surface area contributed by atoms with Gasteiger partial charge >= 0.3 is 5.97 Å². The molecule has 0 aromatic heterocycles. The Labute approximate surface area is 89.4 Å². The number of allylic oxidation sites excluding steroid dienone is 2. The molecular formula is C12H15NO2. The van der Waals surface area contributed by atoms with Gasteiger partial charge in [0.15, 0.2) is 0 Å². The Morgan fingerprint density at radius 2 is 2.53 bits per heavy atom. The molecule has 15 heavy (non-hydrogen) atoms. The summed E-state index contributed by atoms with van der Waals surface area (Å²) < 4.78 is 0. The van der Waals surface area contributed by atoms with Crippen LogP contribution in [0.2, 0.25) is 0 Å². The average molecular weight is 205 g/mol. The van der Waals surface area contributed by atoms with E-state index in [0.29, 0.717) is 5.92 Å². The van der Waals surface area contributed by atoms with Crippen molar-refractivity contribution in [2.24, 2.45) is 17.3 Å². The summed E-state index contributed by atoms with van der Waals surface area (Å²) in [6.07, 6.45) is 5.02. The van der Waals surface area contributed by atoms with Crippen LogP contribution in [-0.4, -0.2) is 11.1 Å². The number of carbonyl (C=O) groups is 1. The average Bonchev–Trinajstić information content (AvgIpc) is 2.53. The molecule has 2 aliphatic rings. The van der Waals surface area contributed by atoms with E-state index >= 15 is 0 Å². The summed E-state index contributed by atoms with van der Waals surface area (Å²) in [5.74, 6) is -0.110. The molecule has 0 bridgehead atoms. The normalized spacial score (nSPS) is 37.5. The maximum absolute atomic E-state index is 10.7. The Morgan fingerprint density at radius 1 is 1.80 bits per heavy atom. The van der Waals surface area contributed by atoms with Gasteiger partial charge in [0.25, 0.3) is 0 Å². The number of hydrogen-bond donors (Lipinski definition) is 1. The van der Waals surface area contributed by atoms with E-state index in [9.17, 15) is 4.79 Å². The Balaban J connectivity index is 2.16. The van der Waals surface area contributed by atoms with E-state index in [1.54, 1.807) is 0 Å². The predicted octanol–water partition coefficient (Wildman–Crippen LogP) is 2.35. The molecule has 1 saturated carbocycles. The lowest BCUT2D eigenvalue weighted by molar-refractivity contribution is -0.142. The Bertz CT molecular complexity index is 366. The fourth-order valence-corrected chi connectivity index (χ4v) is 3.06. The van der Waals surface area contributed by atoms with Crippen LogP contribution in [0.5, 0.6) is 0 Å².